The molecule has 0 aliphatic rings. The standard InChI is InChI=1S/C13H14BrNS2/c1-9-4-2-3-5-11(9)17-13(7-15)12-6-10(14)8-16-12/h2-6,8,13H,7,15H2,1H3. The molecule has 0 aliphatic carbocycles. The molecule has 4 heteroatoms. The SMILES string of the molecule is Cc1ccccc1SC(CN)c1cc(Br)cs1. The Kier molecular flexibility index (Phi) is 4.68. The van der Waals surface area contributed by atoms with E-state index in [1.807, 2.05) is 11.8 Å². The van der Waals surface area contributed by atoms with Crippen LogP contribution in [-0.2, 0) is 0 Å². The third kappa shape index (κ3) is 3.35. The largest absolute Gasteiger partial charge is 0.329 e. The van der Waals surface area contributed by atoms with E-state index in [9.17, 15) is 0 Å². The zero-order valence-corrected chi connectivity index (χ0v) is 12.7. The van der Waals surface area contributed by atoms with Gasteiger partial charge in [-0.3, -0.25) is 0 Å². The maximum absolute atomic E-state index is 5.88. The molecule has 90 valence electrons. The average Bonchev–Trinajstić information content (AvgIpc) is 2.75. The molecule has 0 bridgehead atoms. The molecule has 0 saturated heterocycles. The lowest BCUT2D eigenvalue weighted by molar-refractivity contribution is 0.958. The van der Waals surface area contributed by atoms with Crippen molar-refractivity contribution in [1.29, 1.82) is 0 Å². The molecular formula is C13H14BrNS2. The third-order valence-corrected chi connectivity index (χ3v) is 5.88. The van der Waals surface area contributed by atoms with Crippen LogP contribution in [0.15, 0.2) is 45.1 Å². The summed E-state index contributed by atoms with van der Waals surface area (Å²) in [7, 11) is 0. The van der Waals surface area contributed by atoms with E-state index >= 15 is 0 Å². The van der Waals surface area contributed by atoms with Gasteiger partial charge in [0.15, 0.2) is 0 Å². The zero-order chi connectivity index (χ0) is 12.3. The molecule has 2 aromatic rings. The fourth-order valence-corrected chi connectivity index (χ4v) is 4.31. The smallest absolute Gasteiger partial charge is 0.0561 e. The van der Waals surface area contributed by atoms with Gasteiger partial charge in [-0.2, -0.15) is 0 Å². The Morgan fingerprint density at radius 2 is 2.18 bits per heavy atom. The molecule has 1 heterocycles. The molecular weight excluding hydrogens is 314 g/mol. The first-order valence-corrected chi connectivity index (χ1v) is 7.92. The van der Waals surface area contributed by atoms with Gasteiger partial charge in [-0.15, -0.1) is 23.1 Å². The summed E-state index contributed by atoms with van der Waals surface area (Å²) in [4.78, 5) is 2.64. The average molecular weight is 328 g/mol. The van der Waals surface area contributed by atoms with Crippen molar-refractivity contribution in [2.75, 3.05) is 6.54 Å². The summed E-state index contributed by atoms with van der Waals surface area (Å²) in [5.74, 6) is 0. The molecule has 0 amide bonds. The van der Waals surface area contributed by atoms with Gasteiger partial charge in [-0.1, -0.05) is 18.2 Å². The van der Waals surface area contributed by atoms with E-state index < -0.39 is 0 Å². The van der Waals surface area contributed by atoms with E-state index in [-0.39, 0.29) is 0 Å². The summed E-state index contributed by atoms with van der Waals surface area (Å²) in [6.07, 6.45) is 0. The van der Waals surface area contributed by atoms with E-state index in [4.69, 9.17) is 5.73 Å². The van der Waals surface area contributed by atoms with Crippen LogP contribution >= 0.6 is 39.0 Å². The lowest BCUT2D eigenvalue weighted by Gasteiger charge is -2.14. The Labute approximate surface area is 119 Å². The van der Waals surface area contributed by atoms with Crippen molar-refractivity contribution in [3.8, 4) is 0 Å². The highest BCUT2D eigenvalue weighted by Crippen LogP contribution is 2.39. The summed E-state index contributed by atoms with van der Waals surface area (Å²) in [6.45, 7) is 2.80. The number of nitrogens with two attached hydrogens (primary N) is 1. The molecule has 0 spiro atoms. The molecule has 0 aliphatic heterocycles. The van der Waals surface area contributed by atoms with Gasteiger partial charge in [0.25, 0.3) is 0 Å². The first-order chi connectivity index (χ1) is 8.20. The van der Waals surface area contributed by atoms with Gasteiger partial charge in [0, 0.05) is 26.2 Å². The highest BCUT2D eigenvalue weighted by molar-refractivity contribution is 9.10. The van der Waals surface area contributed by atoms with Gasteiger partial charge in [0.2, 0.25) is 0 Å². The maximum atomic E-state index is 5.88. The molecule has 0 saturated carbocycles. The van der Waals surface area contributed by atoms with E-state index in [0.717, 1.165) is 4.47 Å². The Morgan fingerprint density at radius 3 is 2.76 bits per heavy atom. The number of rotatable bonds is 4. The van der Waals surface area contributed by atoms with Crippen molar-refractivity contribution >= 4 is 39.0 Å². The summed E-state index contributed by atoms with van der Waals surface area (Å²) in [6, 6.07) is 10.6. The van der Waals surface area contributed by atoms with Crippen molar-refractivity contribution in [2.45, 2.75) is 17.1 Å². The van der Waals surface area contributed by atoms with Crippen LogP contribution < -0.4 is 5.73 Å². The number of thiophene rings is 1. The molecule has 1 unspecified atom stereocenters. The number of hydrogen-bond donors (Lipinski definition) is 1. The molecule has 0 radical (unpaired) electrons. The Morgan fingerprint density at radius 1 is 1.41 bits per heavy atom. The summed E-state index contributed by atoms with van der Waals surface area (Å²) < 4.78 is 1.14. The van der Waals surface area contributed by atoms with Gasteiger partial charge in [0.05, 0.1) is 5.25 Å². The molecule has 1 aromatic heterocycles. The molecule has 1 nitrogen and oxygen atoms in total. The normalized spacial score (nSPS) is 12.6. The van der Waals surface area contributed by atoms with Crippen LogP contribution in [0.2, 0.25) is 0 Å². The Balaban J connectivity index is 2.18. The van der Waals surface area contributed by atoms with Crippen molar-refractivity contribution < 1.29 is 0 Å². The van der Waals surface area contributed by atoms with Gasteiger partial charge < -0.3 is 5.73 Å². The van der Waals surface area contributed by atoms with Crippen molar-refractivity contribution in [3.63, 3.8) is 0 Å². The van der Waals surface area contributed by atoms with Crippen LogP contribution in [0.5, 0.6) is 0 Å². The van der Waals surface area contributed by atoms with Crippen LogP contribution in [-0.4, -0.2) is 6.54 Å². The van der Waals surface area contributed by atoms with Crippen LogP contribution in [0.1, 0.15) is 15.7 Å². The summed E-state index contributed by atoms with van der Waals surface area (Å²) in [5, 5.41) is 2.45. The molecule has 2 N–H and O–H groups in total. The highest BCUT2D eigenvalue weighted by atomic mass is 79.9. The first-order valence-electron chi connectivity index (χ1n) is 5.37. The lowest BCUT2D eigenvalue weighted by Crippen LogP contribution is -2.08. The molecule has 0 fully saturated rings. The molecule has 1 aromatic carbocycles. The third-order valence-electron chi connectivity index (χ3n) is 2.48. The van der Waals surface area contributed by atoms with Gasteiger partial charge in [-0.05, 0) is 40.5 Å². The second-order valence-corrected chi connectivity index (χ2v) is 6.88. The number of aryl methyl sites for hydroxylation is 1. The van der Waals surface area contributed by atoms with Crippen LogP contribution in [0.25, 0.3) is 0 Å². The fraction of sp³-hybridized carbons (Fsp3) is 0.231. The molecule has 1 atom stereocenters. The van der Waals surface area contributed by atoms with Gasteiger partial charge in [0.1, 0.15) is 0 Å². The second-order valence-electron chi connectivity index (χ2n) is 3.77. The van der Waals surface area contributed by atoms with E-state index in [2.05, 4.69) is 58.6 Å². The van der Waals surface area contributed by atoms with Crippen molar-refractivity contribution in [2.24, 2.45) is 5.73 Å². The molecule has 17 heavy (non-hydrogen) atoms. The minimum Gasteiger partial charge on any atom is -0.329 e. The van der Waals surface area contributed by atoms with E-state index in [0.29, 0.717) is 11.8 Å². The predicted octanol–water partition coefficient (Wildman–Crippen LogP) is 4.61. The summed E-state index contributed by atoms with van der Waals surface area (Å²) >= 11 is 7.10. The van der Waals surface area contributed by atoms with E-state index in [1.165, 1.54) is 15.3 Å². The van der Waals surface area contributed by atoms with Crippen LogP contribution in [0.4, 0.5) is 0 Å². The van der Waals surface area contributed by atoms with Gasteiger partial charge >= 0.3 is 0 Å². The first kappa shape index (κ1) is 13.1. The van der Waals surface area contributed by atoms with Crippen LogP contribution in [0, 0.1) is 6.92 Å². The maximum Gasteiger partial charge on any atom is 0.0561 e. The quantitative estimate of drug-likeness (QED) is 0.830. The lowest BCUT2D eigenvalue weighted by atomic mass is 10.2. The number of halogens is 1. The van der Waals surface area contributed by atoms with E-state index in [1.54, 1.807) is 11.3 Å². The van der Waals surface area contributed by atoms with Crippen LogP contribution in [0.3, 0.4) is 0 Å². The predicted molar refractivity (Wildman–Crippen MR) is 80.9 cm³/mol. The zero-order valence-electron chi connectivity index (χ0n) is 9.52. The summed E-state index contributed by atoms with van der Waals surface area (Å²) in [5.41, 5.74) is 7.19. The molecule has 2 rings (SSSR count). The monoisotopic (exact) mass is 327 g/mol. The topological polar surface area (TPSA) is 26.0 Å². The Bertz CT molecular complexity index is 496. The number of thioether (sulfide) groups is 1. The minimum absolute atomic E-state index is 0.340. The number of benzene rings is 1. The minimum atomic E-state index is 0.340. The number of hydrogen-bond acceptors (Lipinski definition) is 3. The van der Waals surface area contributed by atoms with Gasteiger partial charge in [-0.25, -0.2) is 0 Å². The van der Waals surface area contributed by atoms with Crippen molar-refractivity contribution in [1.82, 2.24) is 0 Å². The fourth-order valence-electron chi connectivity index (χ4n) is 1.56. The Hall–Kier alpha value is -0.290. The second kappa shape index (κ2) is 6.05. The highest BCUT2D eigenvalue weighted by Gasteiger charge is 2.14. The van der Waals surface area contributed by atoms with Crippen molar-refractivity contribution in [3.05, 3.63) is 50.6 Å².